The van der Waals surface area contributed by atoms with Crippen molar-refractivity contribution >= 4 is 39.5 Å². The summed E-state index contributed by atoms with van der Waals surface area (Å²) in [7, 11) is -9.93. The Morgan fingerprint density at radius 1 is 0.276 bits per heavy atom. The summed E-state index contributed by atoms with van der Waals surface area (Å²) in [6, 6.07) is 0. The highest BCUT2D eigenvalue weighted by atomic mass is 31.2. The van der Waals surface area contributed by atoms with Gasteiger partial charge in [-0.05, 0) is 37.5 Å². The minimum atomic E-state index is -4.97. The Morgan fingerprint density at radius 2 is 0.486 bits per heavy atom. The van der Waals surface area contributed by atoms with Crippen LogP contribution in [0, 0.1) is 11.8 Å². The maximum atomic E-state index is 13.2. The number of aliphatic hydroxyl groups excluding tert-OH is 1. The first-order valence-electron chi connectivity index (χ1n) is 44.5. The third-order valence-electron chi connectivity index (χ3n) is 20.6. The summed E-state index contributed by atoms with van der Waals surface area (Å²) >= 11 is 0. The van der Waals surface area contributed by atoms with Gasteiger partial charge in [0.1, 0.15) is 19.3 Å². The molecule has 0 heterocycles. The van der Waals surface area contributed by atoms with Crippen LogP contribution in [0.5, 0.6) is 0 Å². The summed E-state index contributed by atoms with van der Waals surface area (Å²) in [6.07, 6.45) is 69.3. The predicted molar refractivity (Wildman–Crippen MR) is 432 cm³/mol. The van der Waals surface area contributed by atoms with Gasteiger partial charge in [-0.2, -0.15) is 0 Å². The van der Waals surface area contributed by atoms with Crippen LogP contribution in [-0.4, -0.2) is 96.7 Å². The molecule has 0 aliphatic heterocycles. The van der Waals surface area contributed by atoms with E-state index in [1.54, 1.807) is 0 Å². The summed E-state index contributed by atoms with van der Waals surface area (Å²) in [5.41, 5.74) is 0. The van der Waals surface area contributed by atoms with Crippen molar-refractivity contribution in [3.05, 3.63) is 0 Å². The highest BCUT2D eigenvalue weighted by Crippen LogP contribution is 2.45. The lowest BCUT2D eigenvalue weighted by Crippen LogP contribution is -2.30. The summed E-state index contributed by atoms with van der Waals surface area (Å²) in [5.74, 6) is -0.514. The molecule has 0 bridgehead atoms. The summed E-state index contributed by atoms with van der Waals surface area (Å²) in [6.45, 7) is 9.71. The van der Waals surface area contributed by atoms with E-state index in [4.69, 9.17) is 37.0 Å². The van der Waals surface area contributed by atoms with Crippen molar-refractivity contribution in [1.29, 1.82) is 0 Å². The fourth-order valence-corrected chi connectivity index (χ4v) is 15.0. The molecule has 0 aliphatic carbocycles. The van der Waals surface area contributed by atoms with E-state index in [0.29, 0.717) is 25.7 Å². The highest BCUT2D eigenvalue weighted by Gasteiger charge is 2.30. The summed E-state index contributed by atoms with van der Waals surface area (Å²) in [4.78, 5) is 73.3. The second-order valence-corrected chi connectivity index (χ2v) is 34.6. The third kappa shape index (κ3) is 78.5. The molecule has 0 rings (SSSR count). The molecule has 0 fully saturated rings. The fraction of sp³-hybridized carbons (Fsp3) is 0.953. The van der Waals surface area contributed by atoms with Crippen LogP contribution < -0.4 is 0 Å². The van der Waals surface area contributed by atoms with Crippen LogP contribution in [0.2, 0.25) is 0 Å². The first kappa shape index (κ1) is 103. The monoisotopic (exact) mass is 1540 g/mol. The molecule has 105 heavy (non-hydrogen) atoms. The smallest absolute Gasteiger partial charge is 0.462 e. The lowest BCUT2D eigenvalue weighted by Gasteiger charge is -2.21. The molecular weight excluding hydrogens is 1370 g/mol. The molecule has 0 radical (unpaired) electrons. The zero-order chi connectivity index (χ0) is 77.1. The molecule has 17 nitrogen and oxygen atoms in total. The maximum Gasteiger partial charge on any atom is 0.472 e. The van der Waals surface area contributed by atoms with Gasteiger partial charge < -0.3 is 33.8 Å². The predicted octanol–water partition coefficient (Wildman–Crippen LogP) is 26.2. The van der Waals surface area contributed by atoms with Crippen LogP contribution in [0.4, 0.5) is 0 Å². The number of hydrogen-bond acceptors (Lipinski definition) is 15. The number of aliphatic hydroxyl groups is 1. The molecule has 0 saturated heterocycles. The average molecular weight is 1540 g/mol. The Labute approximate surface area is 645 Å². The van der Waals surface area contributed by atoms with Gasteiger partial charge in [-0.1, -0.05) is 408 Å². The normalized spacial score (nSPS) is 14.1. The highest BCUT2D eigenvalue weighted by molar-refractivity contribution is 7.47. The molecule has 0 amide bonds. The second-order valence-electron chi connectivity index (χ2n) is 31.6. The Balaban J connectivity index is 5.26. The zero-order valence-corrected chi connectivity index (χ0v) is 70.8. The minimum absolute atomic E-state index is 0.108. The van der Waals surface area contributed by atoms with Crippen molar-refractivity contribution in [1.82, 2.24) is 0 Å². The first-order chi connectivity index (χ1) is 50.9. The molecule has 6 atom stereocenters. The number of esters is 4. The lowest BCUT2D eigenvalue weighted by molar-refractivity contribution is -0.161. The maximum absolute atomic E-state index is 13.2. The van der Waals surface area contributed by atoms with E-state index < -0.39 is 97.5 Å². The second kappa shape index (κ2) is 77.4. The number of unbranched alkanes of at least 4 members (excludes halogenated alkanes) is 54. The van der Waals surface area contributed by atoms with Gasteiger partial charge in [0.05, 0.1) is 26.4 Å². The molecule has 0 aromatic heterocycles. The molecule has 3 unspecified atom stereocenters. The van der Waals surface area contributed by atoms with Crippen molar-refractivity contribution in [3.63, 3.8) is 0 Å². The Kier molecular flexibility index (Phi) is 76.0. The molecule has 3 N–H and O–H groups in total. The van der Waals surface area contributed by atoms with Gasteiger partial charge in [0.2, 0.25) is 0 Å². The van der Waals surface area contributed by atoms with Crippen LogP contribution in [0.3, 0.4) is 0 Å². The van der Waals surface area contributed by atoms with Crippen molar-refractivity contribution in [2.24, 2.45) is 11.8 Å². The molecule has 624 valence electrons. The first-order valence-corrected chi connectivity index (χ1v) is 47.5. The van der Waals surface area contributed by atoms with E-state index >= 15 is 0 Å². The Hall–Kier alpha value is -1.94. The van der Waals surface area contributed by atoms with Gasteiger partial charge >= 0.3 is 39.5 Å². The van der Waals surface area contributed by atoms with Crippen molar-refractivity contribution < 1.29 is 80.2 Å². The van der Waals surface area contributed by atoms with E-state index in [1.807, 2.05) is 0 Å². The molecule has 0 aromatic carbocycles. The number of phosphoric ester groups is 2. The van der Waals surface area contributed by atoms with Gasteiger partial charge in [-0.3, -0.25) is 37.3 Å². The van der Waals surface area contributed by atoms with Crippen molar-refractivity contribution in [2.45, 2.75) is 477 Å². The molecule has 19 heteroatoms. The van der Waals surface area contributed by atoms with Gasteiger partial charge in [-0.15, -0.1) is 0 Å². The zero-order valence-electron chi connectivity index (χ0n) is 69.0. The summed E-state index contributed by atoms with van der Waals surface area (Å²) < 4.78 is 68.9. The minimum Gasteiger partial charge on any atom is -0.462 e. The van der Waals surface area contributed by atoms with E-state index in [9.17, 15) is 43.2 Å². The Bertz CT molecular complexity index is 2010. The van der Waals surface area contributed by atoms with Crippen LogP contribution in [-0.2, 0) is 65.4 Å². The van der Waals surface area contributed by atoms with Crippen molar-refractivity contribution in [3.8, 4) is 0 Å². The average Bonchev–Trinajstić information content (AvgIpc) is 0.906. The van der Waals surface area contributed by atoms with E-state index in [1.165, 1.54) is 276 Å². The van der Waals surface area contributed by atoms with E-state index in [2.05, 4.69) is 41.5 Å². The van der Waals surface area contributed by atoms with Crippen LogP contribution >= 0.6 is 15.6 Å². The van der Waals surface area contributed by atoms with Gasteiger partial charge in [-0.25, -0.2) is 9.13 Å². The van der Waals surface area contributed by atoms with Gasteiger partial charge in [0, 0.05) is 25.7 Å². The molecule has 0 aliphatic rings. The molecule has 0 saturated carbocycles. The van der Waals surface area contributed by atoms with Crippen LogP contribution in [0.1, 0.15) is 459 Å². The fourth-order valence-electron chi connectivity index (χ4n) is 13.4. The molecular formula is C86H168O17P2. The van der Waals surface area contributed by atoms with Crippen LogP contribution in [0.15, 0.2) is 0 Å². The summed E-state index contributed by atoms with van der Waals surface area (Å²) in [5, 5.41) is 10.7. The standard InChI is InChI=1S/C86H168O17P2/c1-7-10-12-14-16-18-20-22-24-25-26-27-32-35-39-43-50-56-62-68-83(88)96-74-81(102-85(90)71-65-59-53-45-41-37-33-29-28-31-34-38-42-48-54-60-66-78(4)5)76-100-104(92,93)98-72-80(87)73-99-105(94,95)101-77-82(75-97-84(89)69-63-57-51-47-46-49-55-61-67-79(6)9-3)103-86(91)70-64-58-52-44-40-36-30-23-21-19-17-15-13-11-8-2/h78-82,87H,7-77H2,1-6H3,(H,92,93)(H,94,95)/t79?,80-,81-,82-/m1/s1. The third-order valence-corrected chi connectivity index (χ3v) is 22.5. The number of carbonyl (C=O) groups excluding carboxylic acids is 4. The van der Waals surface area contributed by atoms with Crippen LogP contribution in [0.25, 0.3) is 0 Å². The Morgan fingerprint density at radius 3 is 0.724 bits per heavy atom. The van der Waals surface area contributed by atoms with Crippen molar-refractivity contribution in [2.75, 3.05) is 39.6 Å². The molecule has 0 aromatic rings. The topological polar surface area (TPSA) is 237 Å². The number of rotatable bonds is 85. The number of phosphoric acid groups is 2. The lowest BCUT2D eigenvalue weighted by atomic mass is 9.99. The number of carbonyl (C=O) groups is 4. The van der Waals surface area contributed by atoms with Gasteiger partial charge in [0.25, 0.3) is 0 Å². The number of hydrogen-bond donors (Lipinski definition) is 3. The quantitative estimate of drug-likeness (QED) is 0.0222. The SMILES string of the molecule is CCCCCCCCCCCCCCCCCCCCCC(=O)OC[C@H](COP(=O)(O)OC[C@@H](O)COP(=O)(O)OC[C@@H](COC(=O)CCCCCCCCCCC(C)CC)OC(=O)CCCCCCCCCCCCCCCCC)OC(=O)CCCCCCCCCCCCCCCCCCC(C)C. The molecule has 0 spiro atoms. The number of ether oxygens (including phenoxy) is 4. The largest absolute Gasteiger partial charge is 0.472 e. The van der Waals surface area contributed by atoms with Gasteiger partial charge in [0.15, 0.2) is 12.2 Å². The van der Waals surface area contributed by atoms with E-state index in [-0.39, 0.29) is 25.7 Å². The van der Waals surface area contributed by atoms with E-state index in [0.717, 1.165) is 102 Å².